The van der Waals surface area contributed by atoms with Crippen molar-refractivity contribution in [1.82, 2.24) is 0 Å². The lowest BCUT2D eigenvalue weighted by atomic mass is 10.2. The molecule has 0 spiro atoms. The quantitative estimate of drug-likeness (QED) is 0.187. The van der Waals surface area contributed by atoms with Crippen LogP contribution in [0.1, 0.15) is 23.0 Å². The SMILES string of the molecule is [C-]#[N+]C(=Cc1ccc(C)o1)C(=O)OCCOCCOC(=O)C(C#N)=Cc1ccc(C)o1. The van der Waals surface area contributed by atoms with Crippen molar-refractivity contribution in [1.29, 1.82) is 5.26 Å². The zero-order chi connectivity index (χ0) is 22.6. The van der Waals surface area contributed by atoms with Gasteiger partial charge in [-0.25, -0.2) is 9.64 Å². The maximum absolute atomic E-state index is 11.9. The Labute approximate surface area is 178 Å². The largest absolute Gasteiger partial charge is 0.468 e. The molecule has 0 aliphatic heterocycles. The van der Waals surface area contributed by atoms with Crippen LogP contribution >= 0.6 is 0 Å². The van der Waals surface area contributed by atoms with Crippen LogP contribution in [0.15, 0.2) is 44.4 Å². The van der Waals surface area contributed by atoms with Crippen molar-refractivity contribution in [3.8, 4) is 6.07 Å². The molecule has 0 aromatic carbocycles. The molecule has 0 atom stereocenters. The van der Waals surface area contributed by atoms with Crippen LogP contribution < -0.4 is 0 Å². The van der Waals surface area contributed by atoms with Crippen LogP contribution in [0.5, 0.6) is 0 Å². The normalized spacial score (nSPS) is 11.5. The zero-order valence-electron chi connectivity index (χ0n) is 17.0. The van der Waals surface area contributed by atoms with Crippen LogP contribution in [0.3, 0.4) is 0 Å². The van der Waals surface area contributed by atoms with Gasteiger partial charge in [0.2, 0.25) is 0 Å². The molecular formula is C22H20N2O7. The third-order valence-corrected chi connectivity index (χ3v) is 3.68. The third-order valence-electron chi connectivity index (χ3n) is 3.68. The van der Waals surface area contributed by atoms with E-state index in [4.69, 9.17) is 34.9 Å². The van der Waals surface area contributed by atoms with E-state index in [0.29, 0.717) is 23.0 Å². The molecule has 0 saturated carbocycles. The number of hydrogen-bond donors (Lipinski definition) is 0. The molecule has 2 heterocycles. The summed E-state index contributed by atoms with van der Waals surface area (Å²) in [6.45, 7) is 10.5. The lowest BCUT2D eigenvalue weighted by Gasteiger charge is -2.06. The van der Waals surface area contributed by atoms with Gasteiger partial charge in [0.15, 0.2) is 0 Å². The highest BCUT2D eigenvalue weighted by Crippen LogP contribution is 2.13. The van der Waals surface area contributed by atoms with Crippen LogP contribution in [-0.4, -0.2) is 38.4 Å². The van der Waals surface area contributed by atoms with Gasteiger partial charge in [0.25, 0.3) is 5.70 Å². The first-order valence-corrected chi connectivity index (χ1v) is 9.18. The molecule has 0 radical (unpaired) electrons. The summed E-state index contributed by atoms with van der Waals surface area (Å²) >= 11 is 0. The number of aryl methyl sites for hydroxylation is 2. The van der Waals surface area contributed by atoms with Gasteiger partial charge in [-0.05, 0) is 44.2 Å². The first-order chi connectivity index (χ1) is 14.9. The number of nitriles is 1. The van der Waals surface area contributed by atoms with Gasteiger partial charge >= 0.3 is 11.9 Å². The van der Waals surface area contributed by atoms with Gasteiger partial charge in [-0.1, -0.05) is 0 Å². The minimum atomic E-state index is -0.799. The summed E-state index contributed by atoms with van der Waals surface area (Å²) in [6.07, 6.45) is 2.59. The smallest absolute Gasteiger partial charge is 0.349 e. The van der Waals surface area contributed by atoms with Crippen LogP contribution in [-0.2, 0) is 23.8 Å². The highest BCUT2D eigenvalue weighted by atomic mass is 16.6. The standard InChI is InChI=1S/C22H20N2O7/c1-15-4-6-18(30-15)12-17(14-23)21(25)28-10-8-27-9-11-29-22(26)20(24-3)13-19-7-5-16(2)31-19/h4-7,12-13H,8-11H2,1-2H3. The molecule has 160 valence electrons. The van der Waals surface area contributed by atoms with Gasteiger partial charge in [0.05, 0.1) is 19.8 Å². The Morgan fingerprint density at radius 1 is 0.968 bits per heavy atom. The summed E-state index contributed by atoms with van der Waals surface area (Å²) in [5.74, 6) is 0.473. The summed E-state index contributed by atoms with van der Waals surface area (Å²) in [5.41, 5.74) is -0.417. The van der Waals surface area contributed by atoms with E-state index < -0.39 is 11.9 Å². The van der Waals surface area contributed by atoms with Crippen molar-refractivity contribution in [3.05, 3.63) is 70.0 Å². The fourth-order valence-electron chi connectivity index (χ4n) is 2.25. The molecule has 0 fully saturated rings. The number of hydrogen-bond acceptors (Lipinski definition) is 8. The predicted octanol–water partition coefficient (Wildman–Crippen LogP) is 3.46. The van der Waals surface area contributed by atoms with E-state index in [2.05, 4.69) is 4.85 Å². The Bertz CT molecular complexity index is 976. The highest BCUT2D eigenvalue weighted by molar-refractivity contribution is 5.97. The Kier molecular flexibility index (Phi) is 8.84. The van der Waals surface area contributed by atoms with Gasteiger partial charge in [-0.15, -0.1) is 0 Å². The van der Waals surface area contributed by atoms with Crippen LogP contribution in [0.25, 0.3) is 17.0 Å². The second-order valence-electron chi connectivity index (χ2n) is 6.09. The number of nitrogens with zero attached hydrogens (tertiary/aromatic N) is 2. The minimum Gasteiger partial charge on any atom is -0.468 e. The van der Waals surface area contributed by atoms with Crippen LogP contribution in [0.2, 0.25) is 0 Å². The van der Waals surface area contributed by atoms with Gasteiger partial charge in [0.1, 0.15) is 47.9 Å². The summed E-state index contributed by atoms with van der Waals surface area (Å²) in [6, 6.07) is 8.46. The molecule has 9 nitrogen and oxygen atoms in total. The van der Waals surface area contributed by atoms with E-state index in [-0.39, 0.29) is 37.7 Å². The van der Waals surface area contributed by atoms with Crippen molar-refractivity contribution in [2.45, 2.75) is 13.8 Å². The van der Waals surface area contributed by atoms with Crippen molar-refractivity contribution in [2.75, 3.05) is 26.4 Å². The molecule has 31 heavy (non-hydrogen) atoms. The second kappa shape index (κ2) is 11.8. The lowest BCUT2D eigenvalue weighted by Crippen LogP contribution is -2.15. The lowest BCUT2D eigenvalue weighted by molar-refractivity contribution is -0.141. The molecule has 0 N–H and O–H groups in total. The first kappa shape index (κ1) is 23.2. The molecule has 9 heteroatoms. The summed E-state index contributed by atoms with van der Waals surface area (Å²) in [7, 11) is 0. The predicted molar refractivity (Wildman–Crippen MR) is 108 cm³/mol. The second-order valence-corrected chi connectivity index (χ2v) is 6.09. The fourth-order valence-corrected chi connectivity index (χ4v) is 2.25. The number of carbonyl (C=O) groups excluding carboxylic acids is 2. The molecular weight excluding hydrogens is 404 g/mol. The maximum atomic E-state index is 11.9. The molecule has 0 bridgehead atoms. The minimum absolute atomic E-state index is 0.0407. The molecule has 0 amide bonds. The molecule has 2 aromatic rings. The summed E-state index contributed by atoms with van der Waals surface area (Å²) < 4.78 is 25.7. The van der Waals surface area contributed by atoms with E-state index in [9.17, 15) is 9.59 Å². The summed E-state index contributed by atoms with van der Waals surface area (Å²) in [5, 5.41) is 9.08. The van der Waals surface area contributed by atoms with E-state index in [1.807, 2.05) is 0 Å². The van der Waals surface area contributed by atoms with Crippen molar-refractivity contribution in [2.24, 2.45) is 0 Å². The highest BCUT2D eigenvalue weighted by Gasteiger charge is 2.13. The Morgan fingerprint density at radius 2 is 1.52 bits per heavy atom. The Morgan fingerprint density at radius 3 is 2.00 bits per heavy atom. The average molecular weight is 424 g/mol. The number of carbonyl (C=O) groups is 2. The number of rotatable bonds is 10. The number of esters is 2. The third kappa shape index (κ3) is 7.69. The van der Waals surface area contributed by atoms with Crippen molar-refractivity contribution < 1.29 is 32.6 Å². The molecule has 0 unspecified atom stereocenters. The molecule has 2 rings (SSSR count). The molecule has 0 saturated heterocycles. The number of ether oxygens (including phenoxy) is 3. The van der Waals surface area contributed by atoms with E-state index >= 15 is 0 Å². The van der Waals surface area contributed by atoms with Crippen LogP contribution in [0, 0.1) is 31.8 Å². The molecule has 0 aliphatic carbocycles. The Hall–Kier alpha value is -4.08. The van der Waals surface area contributed by atoms with Gasteiger partial charge in [-0.2, -0.15) is 5.26 Å². The fraction of sp³-hybridized carbons (Fsp3) is 0.273. The maximum Gasteiger partial charge on any atom is 0.349 e. The first-order valence-electron chi connectivity index (χ1n) is 9.18. The van der Waals surface area contributed by atoms with E-state index in [1.54, 1.807) is 44.2 Å². The van der Waals surface area contributed by atoms with Crippen LogP contribution in [0.4, 0.5) is 0 Å². The van der Waals surface area contributed by atoms with Gasteiger partial charge in [-0.3, -0.25) is 4.79 Å². The summed E-state index contributed by atoms with van der Waals surface area (Å²) in [4.78, 5) is 26.9. The zero-order valence-corrected chi connectivity index (χ0v) is 17.0. The van der Waals surface area contributed by atoms with E-state index in [0.717, 1.165) is 0 Å². The van der Waals surface area contributed by atoms with E-state index in [1.165, 1.54) is 12.2 Å². The van der Waals surface area contributed by atoms with Gasteiger partial charge < -0.3 is 23.0 Å². The van der Waals surface area contributed by atoms with Gasteiger partial charge in [0, 0.05) is 6.08 Å². The Balaban J connectivity index is 1.66. The van der Waals surface area contributed by atoms with Crippen molar-refractivity contribution >= 4 is 24.1 Å². The number of furan rings is 2. The molecule has 2 aromatic heterocycles. The van der Waals surface area contributed by atoms with Crippen molar-refractivity contribution in [3.63, 3.8) is 0 Å². The average Bonchev–Trinajstić information content (AvgIpc) is 3.36. The topological polar surface area (TPSA) is 116 Å². The molecule has 0 aliphatic rings. The monoisotopic (exact) mass is 424 g/mol.